The number of carbonyl (C=O) groups is 1. The molecule has 0 fully saturated rings. The smallest absolute Gasteiger partial charge is 0.255 e. The molecule has 2 rings (SSSR count). The highest BCUT2D eigenvalue weighted by Crippen LogP contribution is 2.17. The molecule has 0 aliphatic heterocycles. The van der Waals surface area contributed by atoms with Crippen molar-refractivity contribution in [2.75, 3.05) is 24.7 Å². The van der Waals surface area contributed by atoms with E-state index < -0.39 is 10.0 Å². The predicted octanol–water partition coefficient (Wildman–Crippen LogP) is 2.79. The van der Waals surface area contributed by atoms with E-state index in [1.165, 1.54) is 38.4 Å². The first-order chi connectivity index (χ1) is 12.0. The van der Waals surface area contributed by atoms with E-state index in [9.17, 15) is 13.2 Å². The summed E-state index contributed by atoms with van der Waals surface area (Å²) in [6.45, 7) is 6.10. The molecule has 1 aromatic carbocycles. The topological polar surface area (TPSA) is 91.4 Å². The number of aromatic nitrogens is 1. The van der Waals surface area contributed by atoms with Crippen molar-refractivity contribution in [3.63, 3.8) is 0 Å². The normalized spacial score (nSPS) is 12.1. The number of amides is 1. The first kappa shape index (κ1) is 19.9. The molecule has 0 aliphatic carbocycles. The summed E-state index contributed by atoms with van der Waals surface area (Å²) in [4.78, 5) is 16.7. The molecular formula is C18H24N4O3S. The lowest BCUT2D eigenvalue weighted by Gasteiger charge is -2.21. The van der Waals surface area contributed by atoms with Crippen molar-refractivity contribution < 1.29 is 13.2 Å². The number of nitrogens with zero attached hydrogens (tertiary/aromatic N) is 2. The van der Waals surface area contributed by atoms with Gasteiger partial charge >= 0.3 is 0 Å². The summed E-state index contributed by atoms with van der Waals surface area (Å²) < 4.78 is 25.2. The molecule has 140 valence electrons. The monoisotopic (exact) mass is 376 g/mol. The molecule has 0 bridgehead atoms. The maximum Gasteiger partial charge on any atom is 0.255 e. The van der Waals surface area contributed by atoms with Crippen LogP contribution in [-0.2, 0) is 10.0 Å². The van der Waals surface area contributed by atoms with Gasteiger partial charge in [0, 0.05) is 25.2 Å². The Morgan fingerprint density at radius 1 is 1.04 bits per heavy atom. The first-order valence-corrected chi connectivity index (χ1v) is 9.51. The van der Waals surface area contributed by atoms with Crippen LogP contribution >= 0.6 is 0 Å². The van der Waals surface area contributed by atoms with Crippen molar-refractivity contribution >= 4 is 27.4 Å². The zero-order valence-electron chi connectivity index (χ0n) is 15.6. The Labute approximate surface area is 154 Å². The van der Waals surface area contributed by atoms with E-state index in [0.29, 0.717) is 17.1 Å². The fourth-order valence-corrected chi connectivity index (χ4v) is 3.02. The second kappa shape index (κ2) is 7.43. The second-order valence-electron chi connectivity index (χ2n) is 7.07. The molecule has 0 unspecified atom stereocenters. The molecule has 0 atom stereocenters. The summed E-state index contributed by atoms with van der Waals surface area (Å²) in [5.41, 5.74) is 0.811. The highest BCUT2D eigenvalue weighted by molar-refractivity contribution is 7.89. The molecular weight excluding hydrogens is 352 g/mol. The average Bonchev–Trinajstić information content (AvgIpc) is 2.55. The van der Waals surface area contributed by atoms with E-state index in [2.05, 4.69) is 15.6 Å². The van der Waals surface area contributed by atoms with Gasteiger partial charge < -0.3 is 10.6 Å². The van der Waals surface area contributed by atoms with Gasteiger partial charge in [0.05, 0.1) is 16.8 Å². The lowest BCUT2D eigenvalue weighted by atomic mass is 10.1. The van der Waals surface area contributed by atoms with Crippen LogP contribution in [0, 0.1) is 0 Å². The number of pyridine rings is 1. The van der Waals surface area contributed by atoms with Gasteiger partial charge in [-0.1, -0.05) is 0 Å². The summed E-state index contributed by atoms with van der Waals surface area (Å²) in [6, 6.07) is 9.33. The minimum atomic E-state index is -3.51. The van der Waals surface area contributed by atoms with Crippen LogP contribution in [0.1, 0.15) is 31.1 Å². The fraction of sp³-hybridized carbons (Fsp3) is 0.333. The molecule has 2 aromatic rings. The Morgan fingerprint density at radius 2 is 1.65 bits per heavy atom. The Morgan fingerprint density at radius 3 is 2.12 bits per heavy atom. The van der Waals surface area contributed by atoms with Crippen LogP contribution in [0.5, 0.6) is 0 Å². The van der Waals surface area contributed by atoms with E-state index in [-0.39, 0.29) is 16.3 Å². The van der Waals surface area contributed by atoms with Gasteiger partial charge in [0.25, 0.3) is 5.91 Å². The Kier molecular flexibility index (Phi) is 5.68. The van der Waals surface area contributed by atoms with E-state index in [1.54, 1.807) is 18.3 Å². The molecule has 1 amide bonds. The Balaban J connectivity index is 2.08. The van der Waals surface area contributed by atoms with Gasteiger partial charge in [-0.15, -0.1) is 0 Å². The zero-order chi connectivity index (χ0) is 19.5. The highest BCUT2D eigenvalue weighted by atomic mass is 32.2. The number of hydrogen-bond acceptors (Lipinski definition) is 5. The molecule has 0 saturated carbocycles. The van der Waals surface area contributed by atoms with Crippen LogP contribution in [0.3, 0.4) is 0 Å². The molecule has 0 saturated heterocycles. The van der Waals surface area contributed by atoms with Crippen molar-refractivity contribution in [3.8, 4) is 0 Å². The van der Waals surface area contributed by atoms with Gasteiger partial charge in [-0.3, -0.25) is 4.79 Å². The Bertz CT molecular complexity index is 868. The summed E-state index contributed by atoms with van der Waals surface area (Å²) in [5.74, 6) is 0.380. The minimum Gasteiger partial charge on any atom is -0.365 e. The summed E-state index contributed by atoms with van der Waals surface area (Å²) in [5, 5.41) is 5.98. The maximum absolute atomic E-state index is 12.3. The van der Waals surface area contributed by atoms with Gasteiger partial charge in [0.15, 0.2) is 0 Å². The third-order valence-electron chi connectivity index (χ3n) is 3.42. The average molecular weight is 376 g/mol. The third-order valence-corrected chi connectivity index (χ3v) is 5.25. The van der Waals surface area contributed by atoms with Crippen molar-refractivity contribution in [1.82, 2.24) is 9.29 Å². The van der Waals surface area contributed by atoms with E-state index in [0.717, 1.165) is 4.31 Å². The van der Waals surface area contributed by atoms with Crippen LogP contribution in [0.4, 0.5) is 11.5 Å². The number of hydrogen-bond donors (Lipinski definition) is 2. The number of sulfonamides is 1. The molecule has 0 radical (unpaired) electrons. The first-order valence-electron chi connectivity index (χ1n) is 8.07. The number of rotatable bonds is 5. The van der Waals surface area contributed by atoms with Gasteiger partial charge in [-0.25, -0.2) is 17.7 Å². The van der Waals surface area contributed by atoms with Gasteiger partial charge in [0.1, 0.15) is 5.82 Å². The summed E-state index contributed by atoms with van der Waals surface area (Å²) in [7, 11) is -0.594. The molecule has 2 N–H and O–H groups in total. The van der Waals surface area contributed by atoms with Crippen molar-refractivity contribution in [1.29, 1.82) is 0 Å². The lowest BCUT2D eigenvalue weighted by molar-refractivity contribution is 0.102. The standard InChI is InChI=1S/C18H24N4O3S/c1-18(2,3)21-16-11-8-14(12-19-16)20-17(23)13-6-9-15(10-7-13)26(24,25)22(4)5/h6-12H,1-5H3,(H,19,21)(H,20,23). The largest absolute Gasteiger partial charge is 0.365 e. The quantitative estimate of drug-likeness (QED) is 0.837. The minimum absolute atomic E-state index is 0.105. The maximum atomic E-state index is 12.3. The molecule has 8 heteroatoms. The van der Waals surface area contributed by atoms with Gasteiger partial charge in [-0.05, 0) is 57.2 Å². The SMILES string of the molecule is CN(C)S(=O)(=O)c1ccc(C(=O)Nc2ccc(NC(C)(C)C)nc2)cc1. The van der Waals surface area contributed by atoms with Crippen molar-refractivity contribution in [2.24, 2.45) is 0 Å². The van der Waals surface area contributed by atoms with Crippen LogP contribution in [0.2, 0.25) is 0 Å². The van der Waals surface area contributed by atoms with E-state index in [1.807, 2.05) is 20.8 Å². The lowest BCUT2D eigenvalue weighted by Crippen LogP contribution is -2.26. The number of benzene rings is 1. The molecule has 7 nitrogen and oxygen atoms in total. The fourth-order valence-electron chi connectivity index (χ4n) is 2.12. The molecule has 0 spiro atoms. The third kappa shape index (κ3) is 5.03. The summed E-state index contributed by atoms with van der Waals surface area (Å²) in [6.07, 6.45) is 1.57. The van der Waals surface area contributed by atoms with Crippen LogP contribution in [0.25, 0.3) is 0 Å². The van der Waals surface area contributed by atoms with Crippen LogP contribution in [-0.4, -0.2) is 43.2 Å². The van der Waals surface area contributed by atoms with Gasteiger partial charge in [0.2, 0.25) is 10.0 Å². The number of carbonyl (C=O) groups excluding carboxylic acids is 1. The Hall–Kier alpha value is -2.45. The second-order valence-corrected chi connectivity index (χ2v) is 9.22. The van der Waals surface area contributed by atoms with Crippen molar-refractivity contribution in [3.05, 3.63) is 48.2 Å². The zero-order valence-corrected chi connectivity index (χ0v) is 16.4. The van der Waals surface area contributed by atoms with Crippen molar-refractivity contribution in [2.45, 2.75) is 31.2 Å². The van der Waals surface area contributed by atoms with E-state index >= 15 is 0 Å². The summed E-state index contributed by atoms with van der Waals surface area (Å²) >= 11 is 0. The van der Waals surface area contributed by atoms with Crippen LogP contribution in [0.15, 0.2) is 47.5 Å². The van der Waals surface area contributed by atoms with Gasteiger partial charge in [-0.2, -0.15) is 0 Å². The number of nitrogens with one attached hydrogen (secondary N) is 2. The predicted molar refractivity (Wildman–Crippen MR) is 103 cm³/mol. The number of anilines is 2. The molecule has 0 aliphatic rings. The van der Waals surface area contributed by atoms with E-state index in [4.69, 9.17) is 0 Å². The molecule has 26 heavy (non-hydrogen) atoms. The molecule has 1 heterocycles. The molecule has 1 aromatic heterocycles. The highest BCUT2D eigenvalue weighted by Gasteiger charge is 2.17. The van der Waals surface area contributed by atoms with Crippen LogP contribution < -0.4 is 10.6 Å².